The van der Waals surface area contributed by atoms with Crippen LogP contribution < -0.4 is 0 Å². The van der Waals surface area contributed by atoms with Crippen molar-refractivity contribution in [3.05, 3.63) is 78.2 Å². The summed E-state index contributed by atoms with van der Waals surface area (Å²) in [5.41, 5.74) is 3.58. The molecular weight excluding hydrogens is 348 g/mol. The summed E-state index contributed by atoms with van der Waals surface area (Å²) in [6.07, 6.45) is 0. The van der Waals surface area contributed by atoms with Crippen LogP contribution in [0.2, 0.25) is 0 Å². The Morgan fingerprint density at radius 3 is 1.88 bits per heavy atom. The molecule has 3 aromatic heterocycles. The smallest absolute Gasteiger partial charge is 0.0449 e. The number of allylic oxidation sites excluding steroid dienone is 1. The van der Waals surface area contributed by atoms with Crippen molar-refractivity contribution in [2.45, 2.75) is 6.92 Å². The Morgan fingerprint density at radius 2 is 1.29 bits per heavy atom. The van der Waals surface area contributed by atoms with Crippen molar-refractivity contribution < 1.29 is 0 Å². The lowest BCUT2D eigenvalue weighted by atomic mass is 10.1. The molecule has 0 N–H and O–H groups in total. The zero-order valence-electron chi connectivity index (χ0n) is 13.3. The molecule has 0 fully saturated rings. The fourth-order valence-electron chi connectivity index (χ4n) is 2.57. The molecule has 3 heterocycles. The molecule has 0 saturated carbocycles. The van der Waals surface area contributed by atoms with Gasteiger partial charge in [0.2, 0.25) is 0 Å². The number of thiophene rings is 3. The van der Waals surface area contributed by atoms with Crippen molar-refractivity contribution in [1.29, 1.82) is 0 Å². The highest BCUT2D eigenvalue weighted by atomic mass is 32.1. The maximum atomic E-state index is 4.00. The normalized spacial score (nSPS) is 10.9. The van der Waals surface area contributed by atoms with Crippen LogP contribution in [0.15, 0.2) is 72.6 Å². The predicted octanol–water partition coefficient (Wildman–Crippen LogP) is 7.91. The molecule has 0 saturated heterocycles. The summed E-state index contributed by atoms with van der Waals surface area (Å²) in [5.74, 6) is 0. The average Bonchev–Trinajstić information content (AvgIpc) is 3.33. The van der Waals surface area contributed by atoms with Crippen molar-refractivity contribution in [3.8, 4) is 29.9 Å². The number of rotatable bonds is 4. The minimum absolute atomic E-state index is 1.10. The van der Waals surface area contributed by atoms with Gasteiger partial charge in [-0.2, -0.15) is 0 Å². The van der Waals surface area contributed by atoms with Gasteiger partial charge in [0.1, 0.15) is 0 Å². The molecular formula is C21H16S3. The van der Waals surface area contributed by atoms with E-state index < -0.39 is 0 Å². The minimum atomic E-state index is 1.10. The zero-order chi connectivity index (χ0) is 16.5. The van der Waals surface area contributed by atoms with Crippen LogP contribution in [-0.2, 0) is 0 Å². The van der Waals surface area contributed by atoms with Crippen molar-refractivity contribution in [1.82, 2.24) is 0 Å². The molecule has 0 unspecified atom stereocenters. The lowest BCUT2D eigenvalue weighted by molar-refractivity contribution is 1.58. The van der Waals surface area contributed by atoms with E-state index in [9.17, 15) is 0 Å². The topological polar surface area (TPSA) is 0 Å². The summed E-state index contributed by atoms with van der Waals surface area (Å²) in [7, 11) is 0. The van der Waals surface area contributed by atoms with Crippen LogP contribution in [-0.4, -0.2) is 0 Å². The molecule has 0 aliphatic heterocycles. The molecule has 0 atom stereocenters. The summed E-state index contributed by atoms with van der Waals surface area (Å²) < 4.78 is 0. The second-order valence-electron chi connectivity index (χ2n) is 5.66. The van der Waals surface area contributed by atoms with Crippen molar-refractivity contribution in [3.63, 3.8) is 0 Å². The Bertz CT molecular complexity index is 966. The molecule has 0 radical (unpaired) electrons. The van der Waals surface area contributed by atoms with Gasteiger partial charge >= 0.3 is 0 Å². The highest BCUT2D eigenvalue weighted by Gasteiger charge is 2.09. The van der Waals surface area contributed by atoms with Crippen LogP contribution in [0, 0.1) is 0 Å². The van der Waals surface area contributed by atoms with E-state index >= 15 is 0 Å². The van der Waals surface area contributed by atoms with Crippen LogP contribution in [0.3, 0.4) is 0 Å². The van der Waals surface area contributed by atoms with Gasteiger partial charge in [-0.3, -0.25) is 0 Å². The summed E-state index contributed by atoms with van der Waals surface area (Å²) >= 11 is 5.52. The Balaban J connectivity index is 1.62. The van der Waals surface area contributed by atoms with Gasteiger partial charge in [-0.15, -0.1) is 34.0 Å². The summed E-state index contributed by atoms with van der Waals surface area (Å²) in [4.78, 5) is 6.68. The van der Waals surface area contributed by atoms with Gasteiger partial charge in [0.15, 0.2) is 0 Å². The SMILES string of the molecule is C=C(C)c1ccc(-c2ccc(-c3ccc(-c4cccs4)s3)s2)cc1. The second kappa shape index (κ2) is 6.52. The summed E-state index contributed by atoms with van der Waals surface area (Å²) in [6.45, 7) is 6.04. The predicted molar refractivity (Wildman–Crippen MR) is 111 cm³/mol. The first-order valence-electron chi connectivity index (χ1n) is 7.71. The lowest BCUT2D eigenvalue weighted by Crippen LogP contribution is -1.77. The molecule has 1 aromatic carbocycles. The fraction of sp³-hybridized carbons (Fsp3) is 0.0476. The van der Waals surface area contributed by atoms with E-state index in [2.05, 4.69) is 72.6 Å². The van der Waals surface area contributed by atoms with Crippen LogP contribution in [0.5, 0.6) is 0 Å². The van der Waals surface area contributed by atoms with Gasteiger partial charge in [0.05, 0.1) is 0 Å². The third-order valence-corrected chi connectivity index (χ3v) is 7.36. The van der Waals surface area contributed by atoms with Gasteiger partial charge in [-0.05, 0) is 53.8 Å². The zero-order valence-corrected chi connectivity index (χ0v) is 15.7. The first kappa shape index (κ1) is 15.6. The molecule has 3 heteroatoms. The molecule has 0 bridgehead atoms. The van der Waals surface area contributed by atoms with E-state index in [4.69, 9.17) is 0 Å². The Hall–Kier alpha value is -1.94. The minimum Gasteiger partial charge on any atom is -0.143 e. The van der Waals surface area contributed by atoms with E-state index in [1.54, 1.807) is 11.3 Å². The van der Waals surface area contributed by atoms with Crippen LogP contribution in [0.1, 0.15) is 12.5 Å². The van der Waals surface area contributed by atoms with Crippen LogP contribution in [0.4, 0.5) is 0 Å². The fourth-order valence-corrected chi connectivity index (χ4v) is 5.51. The lowest BCUT2D eigenvalue weighted by Gasteiger charge is -2.01. The Morgan fingerprint density at radius 1 is 0.708 bits per heavy atom. The van der Waals surface area contributed by atoms with Gasteiger partial charge in [-0.25, -0.2) is 0 Å². The van der Waals surface area contributed by atoms with Gasteiger partial charge in [-0.1, -0.05) is 42.5 Å². The first-order valence-corrected chi connectivity index (χ1v) is 10.2. The van der Waals surface area contributed by atoms with Crippen LogP contribution in [0.25, 0.3) is 35.5 Å². The molecule has 4 aromatic rings. The van der Waals surface area contributed by atoms with E-state index in [0.29, 0.717) is 0 Å². The number of hydrogen-bond donors (Lipinski definition) is 0. The van der Waals surface area contributed by atoms with Crippen molar-refractivity contribution >= 4 is 39.6 Å². The Labute approximate surface area is 154 Å². The largest absolute Gasteiger partial charge is 0.143 e. The quantitative estimate of drug-likeness (QED) is 0.345. The molecule has 24 heavy (non-hydrogen) atoms. The highest BCUT2D eigenvalue weighted by Crippen LogP contribution is 2.41. The maximum Gasteiger partial charge on any atom is 0.0449 e. The molecule has 0 aliphatic carbocycles. The third kappa shape index (κ3) is 3.03. The maximum absolute atomic E-state index is 4.00. The third-order valence-electron chi connectivity index (χ3n) is 3.88. The van der Waals surface area contributed by atoms with Gasteiger partial charge in [0, 0.05) is 24.4 Å². The van der Waals surface area contributed by atoms with E-state index in [1.807, 2.05) is 29.6 Å². The molecule has 4 rings (SSSR count). The number of benzene rings is 1. The average molecular weight is 365 g/mol. The summed E-state index contributed by atoms with van der Waals surface area (Å²) in [5, 5.41) is 2.13. The number of hydrogen-bond acceptors (Lipinski definition) is 3. The standard InChI is InChI=1S/C21H16S3/c1-14(2)15-5-7-16(8-6-15)17-9-10-20(23-17)21-12-11-19(24-21)18-4-3-13-22-18/h3-13H,1H2,2H3. The molecule has 0 spiro atoms. The van der Waals surface area contributed by atoms with E-state index in [-0.39, 0.29) is 0 Å². The monoisotopic (exact) mass is 364 g/mol. The Kier molecular flexibility index (Phi) is 4.23. The second-order valence-corrected chi connectivity index (χ2v) is 8.78. The van der Waals surface area contributed by atoms with Crippen molar-refractivity contribution in [2.75, 3.05) is 0 Å². The molecule has 0 nitrogen and oxygen atoms in total. The molecule has 118 valence electrons. The summed E-state index contributed by atoms with van der Waals surface area (Å²) in [6, 6.07) is 21.9. The van der Waals surface area contributed by atoms with E-state index in [1.165, 1.54) is 35.5 Å². The van der Waals surface area contributed by atoms with Gasteiger partial charge in [0.25, 0.3) is 0 Å². The van der Waals surface area contributed by atoms with Crippen LogP contribution >= 0.6 is 34.0 Å². The molecule has 0 amide bonds. The van der Waals surface area contributed by atoms with Crippen molar-refractivity contribution in [2.24, 2.45) is 0 Å². The molecule has 0 aliphatic rings. The van der Waals surface area contributed by atoms with E-state index in [0.717, 1.165) is 5.57 Å². The van der Waals surface area contributed by atoms with Gasteiger partial charge < -0.3 is 0 Å². The first-order chi connectivity index (χ1) is 11.7. The highest BCUT2D eigenvalue weighted by molar-refractivity contribution is 7.27.